The van der Waals surface area contributed by atoms with Crippen molar-refractivity contribution >= 4 is 0 Å². The lowest BCUT2D eigenvalue weighted by Crippen LogP contribution is -2.39. The molecular formula is C20H22N4O2. The van der Waals surface area contributed by atoms with E-state index in [0.29, 0.717) is 6.61 Å². The van der Waals surface area contributed by atoms with Gasteiger partial charge in [0, 0.05) is 25.5 Å². The number of imidazole rings is 1. The van der Waals surface area contributed by atoms with Crippen molar-refractivity contribution in [1.82, 2.24) is 19.9 Å². The smallest absolute Gasteiger partial charge is 0.126 e. The fraction of sp³-hybridized carbons (Fsp3) is 0.300. The number of ether oxygens (including phenoxy) is 2. The number of nitrogens with one attached hydrogen (secondary N) is 1. The molecule has 1 N–H and O–H groups in total. The highest BCUT2D eigenvalue weighted by atomic mass is 16.5. The summed E-state index contributed by atoms with van der Waals surface area (Å²) >= 11 is 0. The normalized spacial score (nSPS) is 18.0. The molecule has 1 saturated heterocycles. The molecule has 6 nitrogen and oxygen atoms in total. The molecule has 1 atom stereocenters. The minimum Gasteiger partial charge on any atom is -0.497 e. The Balaban J connectivity index is 1.54. The molecule has 0 radical (unpaired) electrons. The molecule has 0 aliphatic carbocycles. The first-order valence-corrected chi connectivity index (χ1v) is 8.73. The third-order valence-corrected chi connectivity index (χ3v) is 4.66. The highest BCUT2D eigenvalue weighted by Crippen LogP contribution is 2.27. The van der Waals surface area contributed by atoms with Crippen molar-refractivity contribution in [3.8, 4) is 17.0 Å². The molecule has 26 heavy (non-hydrogen) atoms. The molecule has 6 heteroatoms. The van der Waals surface area contributed by atoms with E-state index in [2.05, 4.69) is 25.9 Å². The molecular weight excluding hydrogens is 328 g/mol. The summed E-state index contributed by atoms with van der Waals surface area (Å²) in [6, 6.07) is 12.1. The molecule has 0 spiro atoms. The maximum Gasteiger partial charge on any atom is 0.126 e. The topological polar surface area (TPSA) is 63.3 Å². The summed E-state index contributed by atoms with van der Waals surface area (Å²) in [5.74, 6) is 1.77. The summed E-state index contributed by atoms with van der Waals surface area (Å²) in [6.45, 7) is 3.08. The SMILES string of the molecule is COc1ccc(-c2cnc(C3COCCN3Cc3cccnc3)[nH]2)cc1. The van der Waals surface area contributed by atoms with E-state index in [-0.39, 0.29) is 6.04 Å². The van der Waals surface area contributed by atoms with Crippen LogP contribution in [0, 0.1) is 0 Å². The minimum atomic E-state index is 0.107. The molecule has 1 fully saturated rings. The second-order valence-electron chi connectivity index (χ2n) is 6.33. The van der Waals surface area contributed by atoms with Gasteiger partial charge in [0.1, 0.15) is 11.6 Å². The zero-order valence-corrected chi connectivity index (χ0v) is 14.8. The fourth-order valence-electron chi connectivity index (χ4n) is 3.23. The van der Waals surface area contributed by atoms with E-state index in [1.165, 1.54) is 5.56 Å². The van der Waals surface area contributed by atoms with Crippen molar-refractivity contribution in [3.63, 3.8) is 0 Å². The van der Waals surface area contributed by atoms with Gasteiger partial charge >= 0.3 is 0 Å². The Morgan fingerprint density at radius 1 is 1.23 bits per heavy atom. The van der Waals surface area contributed by atoms with Gasteiger partial charge in [0.05, 0.1) is 38.3 Å². The van der Waals surface area contributed by atoms with Crippen molar-refractivity contribution in [2.24, 2.45) is 0 Å². The summed E-state index contributed by atoms with van der Waals surface area (Å²) in [4.78, 5) is 14.7. The Hall–Kier alpha value is -2.70. The van der Waals surface area contributed by atoms with Crippen LogP contribution >= 0.6 is 0 Å². The van der Waals surface area contributed by atoms with E-state index in [1.54, 1.807) is 13.3 Å². The average molecular weight is 350 g/mol. The van der Waals surface area contributed by atoms with E-state index in [9.17, 15) is 0 Å². The van der Waals surface area contributed by atoms with Crippen molar-refractivity contribution in [2.45, 2.75) is 12.6 Å². The van der Waals surface area contributed by atoms with Gasteiger partial charge < -0.3 is 14.5 Å². The minimum absolute atomic E-state index is 0.107. The Bertz CT molecular complexity index is 833. The highest BCUT2D eigenvalue weighted by molar-refractivity contribution is 5.59. The Kier molecular flexibility index (Phi) is 4.95. The largest absolute Gasteiger partial charge is 0.497 e. The van der Waals surface area contributed by atoms with Crippen LogP contribution in [-0.4, -0.2) is 46.7 Å². The van der Waals surface area contributed by atoms with Crippen molar-refractivity contribution in [1.29, 1.82) is 0 Å². The van der Waals surface area contributed by atoms with Gasteiger partial charge in [-0.25, -0.2) is 4.98 Å². The van der Waals surface area contributed by atoms with Gasteiger partial charge in [-0.2, -0.15) is 0 Å². The van der Waals surface area contributed by atoms with Gasteiger partial charge in [-0.3, -0.25) is 9.88 Å². The summed E-state index contributed by atoms with van der Waals surface area (Å²) in [7, 11) is 1.67. The average Bonchev–Trinajstić information content (AvgIpc) is 3.19. The molecule has 1 unspecified atom stereocenters. The quantitative estimate of drug-likeness (QED) is 0.766. The van der Waals surface area contributed by atoms with Crippen molar-refractivity contribution in [3.05, 3.63) is 66.4 Å². The van der Waals surface area contributed by atoms with E-state index in [0.717, 1.165) is 42.5 Å². The summed E-state index contributed by atoms with van der Waals surface area (Å²) in [5, 5.41) is 0. The van der Waals surface area contributed by atoms with Crippen LogP contribution in [0.15, 0.2) is 55.0 Å². The summed E-state index contributed by atoms with van der Waals surface area (Å²) < 4.78 is 10.9. The number of pyridine rings is 1. The highest BCUT2D eigenvalue weighted by Gasteiger charge is 2.27. The molecule has 3 aromatic rings. The lowest BCUT2D eigenvalue weighted by atomic mass is 10.1. The van der Waals surface area contributed by atoms with E-state index in [1.807, 2.05) is 42.7 Å². The van der Waals surface area contributed by atoms with Crippen LogP contribution in [0.4, 0.5) is 0 Å². The zero-order chi connectivity index (χ0) is 17.8. The van der Waals surface area contributed by atoms with Crippen LogP contribution in [0.1, 0.15) is 17.4 Å². The number of rotatable bonds is 5. The van der Waals surface area contributed by atoms with Gasteiger partial charge in [0.2, 0.25) is 0 Å². The standard InChI is InChI=1S/C20H22N4O2/c1-25-17-6-4-16(5-7-17)18-12-22-20(23-18)19-14-26-10-9-24(19)13-15-3-2-8-21-11-15/h2-8,11-12,19H,9-10,13-14H2,1H3,(H,22,23). The number of nitrogens with zero attached hydrogens (tertiary/aromatic N) is 3. The maximum absolute atomic E-state index is 5.72. The lowest BCUT2D eigenvalue weighted by molar-refractivity contribution is -0.0156. The lowest BCUT2D eigenvalue weighted by Gasteiger charge is -2.34. The molecule has 1 aliphatic rings. The first-order valence-electron chi connectivity index (χ1n) is 8.73. The maximum atomic E-state index is 5.72. The second-order valence-corrected chi connectivity index (χ2v) is 6.33. The Morgan fingerprint density at radius 3 is 2.88 bits per heavy atom. The first-order chi connectivity index (χ1) is 12.8. The second kappa shape index (κ2) is 7.68. The number of aromatic nitrogens is 3. The number of morpholine rings is 1. The van der Waals surface area contributed by atoms with Crippen LogP contribution < -0.4 is 4.74 Å². The predicted molar refractivity (Wildman–Crippen MR) is 98.8 cm³/mol. The van der Waals surface area contributed by atoms with Crippen molar-refractivity contribution < 1.29 is 9.47 Å². The van der Waals surface area contributed by atoms with Crippen LogP contribution in [0.3, 0.4) is 0 Å². The molecule has 1 aliphatic heterocycles. The van der Waals surface area contributed by atoms with Gasteiger partial charge in [0.25, 0.3) is 0 Å². The molecule has 1 aromatic carbocycles. The number of hydrogen-bond acceptors (Lipinski definition) is 5. The number of hydrogen-bond donors (Lipinski definition) is 1. The van der Waals surface area contributed by atoms with E-state index in [4.69, 9.17) is 9.47 Å². The Morgan fingerprint density at radius 2 is 2.12 bits per heavy atom. The molecule has 4 rings (SSSR count). The summed E-state index contributed by atoms with van der Waals surface area (Å²) in [5.41, 5.74) is 3.27. The molecule has 0 saturated carbocycles. The molecule has 0 bridgehead atoms. The molecule has 2 aromatic heterocycles. The van der Waals surface area contributed by atoms with E-state index < -0.39 is 0 Å². The van der Waals surface area contributed by atoms with Crippen molar-refractivity contribution in [2.75, 3.05) is 26.9 Å². The van der Waals surface area contributed by atoms with Crippen LogP contribution in [0.25, 0.3) is 11.3 Å². The number of H-pyrrole nitrogens is 1. The number of methoxy groups -OCH3 is 1. The molecule has 0 amide bonds. The van der Waals surface area contributed by atoms with Crippen LogP contribution in [0.5, 0.6) is 5.75 Å². The fourth-order valence-corrected chi connectivity index (χ4v) is 3.23. The van der Waals surface area contributed by atoms with Crippen LogP contribution in [-0.2, 0) is 11.3 Å². The molecule has 134 valence electrons. The van der Waals surface area contributed by atoms with Gasteiger partial charge in [-0.05, 0) is 41.5 Å². The third kappa shape index (κ3) is 3.61. The molecule has 3 heterocycles. The van der Waals surface area contributed by atoms with Gasteiger partial charge in [0.15, 0.2) is 0 Å². The number of aromatic amines is 1. The number of benzene rings is 1. The first kappa shape index (κ1) is 16.8. The van der Waals surface area contributed by atoms with Gasteiger partial charge in [-0.1, -0.05) is 6.07 Å². The Labute approximate surface area is 152 Å². The summed E-state index contributed by atoms with van der Waals surface area (Å²) in [6.07, 6.45) is 5.60. The van der Waals surface area contributed by atoms with Gasteiger partial charge in [-0.15, -0.1) is 0 Å². The monoisotopic (exact) mass is 350 g/mol. The van der Waals surface area contributed by atoms with Crippen LogP contribution in [0.2, 0.25) is 0 Å². The third-order valence-electron chi connectivity index (χ3n) is 4.66. The predicted octanol–water partition coefficient (Wildman–Crippen LogP) is 3.05. The van der Waals surface area contributed by atoms with E-state index >= 15 is 0 Å². The zero-order valence-electron chi connectivity index (χ0n) is 14.8.